The number of rotatable bonds is 7. The molecule has 2 N–H and O–H groups in total. The number of halogens is 2. The van der Waals surface area contributed by atoms with E-state index < -0.39 is 63.6 Å². The smallest absolute Gasteiger partial charge is 0.269 e. The van der Waals surface area contributed by atoms with Gasteiger partial charge >= 0.3 is 0 Å². The van der Waals surface area contributed by atoms with E-state index in [4.69, 9.17) is 27.9 Å². The number of phenolic OH excluding ortho intramolecular Hbond substituents is 1. The number of aryl methyl sites for hydroxylation is 2. The van der Waals surface area contributed by atoms with Gasteiger partial charge in [-0.25, -0.2) is 0 Å². The maximum Gasteiger partial charge on any atom is 0.269 e. The number of anilines is 2. The number of nitrogens with zero attached hydrogens (tertiary/aromatic N) is 3. The van der Waals surface area contributed by atoms with Gasteiger partial charge in [0.05, 0.1) is 51.6 Å². The Morgan fingerprint density at radius 2 is 1.56 bits per heavy atom. The Bertz CT molecular complexity index is 2340. The van der Waals surface area contributed by atoms with Crippen molar-refractivity contribution in [3.8, 4) is 11.5 Å². The number of benzene rings is 4. The summed E-state index contributed by atoms with van der Waals surface area (Å²) in [5.74, 6) is -5.53. The summed E-state index contributed by atoms with van der Waals surface area (Å²) >= 11 is 12.7. The molecule has 0 radical (unpaired) electrons. The maximum absolute atomic E-state index is 15.4. The van der Waals surface area contributed by atoms with Crippen LogP contribution in [0.25, 0.3) is 0 Å². The predicted octanol–water partition coefficient (Wildman–Crippen LogP) is 7.42. The summed E-state index contributed by atoms with van der Waals surface area (Å²) < 4.78 is 5.47. The van der Waals surface area contributed by atoms with Crippen LogP contribution in [0.1, 0.15) is 41.0 Å². The van der Waals surface area contributed by atoms with E-state index in [-0.39, 0.29) is 40.7 Å². The second-order valence-corrected chi connectivity index (χ2v) is 15.3. The number of allylic oxidation sites excluding steroid dienone is 2. The van der Waals surface area contributed by atoms with E-state index >= 15 is 4.79 Å². The molecular weight excluding hydrogens is 747 g/mol. The van der Waals surface area contributed by atoms with Crippen LogP contribution in [0.15, 0.2) is 90.5 Å². The monoisotopic (exact) mass is 780 g/mol. The van der Waals surface area contributed by atoms with E-state index in [0.717, 1.165) is 15.5 Å². The molecule has 14 heteroatoms. The highest BCUT2D eigenvalue weighted by Crippen LogP contribution is 2.64. The van der Waals surface area contributed by atoms with Crippen molar-refractivity contribution in [2.45, 2.75) is 38.0 Å². The number of methoxy groups -OCH3 is 1. The Kier molecular flexibility index (Phi) is 8.73. The van der Waals surface area contributed by atoms with E-state index in [0.29, 0.717) is 33.0 Å². The predicted molar refractivity (Wildman–Crippen MR) is 204 cm³/mol. The summed E-state index contributed by atoms with van der Waals surface area (Å²) in [6.07, 6.45) is 2.17. The van der Waals surface area contributed by atoms with E-state index in [9.17, 15) is 29.6 Å². The molecule has 4 aromatic carbocycles. The standard InChI is InChI=1S/C41H34Cl2N4O8/c1-20-16-22(17-21(2)36(20)48)35-28-13-14-29-34(39(51)45(37(29)49)25-7-9-26(10-8-25)47(53)54)30(28)19-31-38(50)46(44-33-15-6-24(42)18-32(33)43)40(52)41(31,35)23-4-11-27(55-3)12-5-23/h4-13,15-18,29-31,34-35,44,48H,14,19H2,1-3H3/t29-,30+,31-,34-,35-,41+/m0/s1. The first-order chi connectivity index (χ1) is 26.3. The molecule has 8 rings (SSSR count). The van der Waals surface area contributed by atoms with Crippen LogP contribution in [-0.2, 0) is 24.6 Å². The Labute approximate surface area is 325 Å². The highest BCUT2D eigenvalue weighted by Gasteiger charge is 2.70. The van der Waals surface area contributed by atoms with Crippen molar-refractivity contribution in [1.29, 1.82) is 0 Å². The zero-order chi connectivity index (χ0) is 39.1. The summed E-state index contributed by atoms with van der Waals surface area (Å²) in [6.45, 7) is 3.52. The lowest BCUT2D eigenvalue weighted by Gasteiger charge is -2.50. The summed E-state index contributed by atoms with van der Waals surface area (Å²) in [6, 6.07) is 20.5. The normalized spacial score (nSPS) is 25.7. The molecule has 2 aliphatic heterocycles. The first-order valence-electron chi connectivity index (χ1n) is 17.6. The van der Waals surface area contributed by atoms with Gasteiger partial charge in [0.2, 0.25) is 11.8 Å². The summed E-state index contributed by atoms with van der Waals surface area (Å²) in [5.41, 5.74) is 4.76. The molecule has 280 valence electrons. The van der Waals surface area contributed by atoms with Crippen LogP contribution in [-0.4, -0.2) is 45.8 Å². The van der Waals surface area contributed by atoms with Crippen molar-refractivity contribution in [3.63, 3.8) is 0 Å². The molecule has 2 saturated heterocycles. The highest BCUT2D eigenvalue weighted by atomic mass is 35.5. The van der Waals surface area contributed by atoms with Crippen LogP contribution in [0.4, 0.5) is 17.1 Å². The number of carbonyl (C=O) groups is 4. The lowest BCUT2D eigenvalue weighted by molar-refractivity contribution is -0.384. The number of fused-ring (bicyclic) bond motifs is 4. The third-order valence-corrected chi connectivity index (χ3v) is 12.3. The van der Waals surface area contributed by atoms with Crippen LogP contribution >= 0.6 is 23.2 Å². The molecule has 55 heavy (non-hydrogen) atoms. The third kappa shape index (κ3) is 5.41. The topological polar surface area (TPSA) is 159 Å². The molecule has 3 fully saturated rings. The van der Waals surface area contributed by atoms with Gasteiger partial charge in [-0.3, -0.25) is 39.6 Å². The summed E-state index contributed by atoms with van der Waals surface area (Å²) in [4.78, 5) is 70.9. The number of hydrogen-bond donors (Lipinski definition) is 2. The number of nitrogens with one attached hydrogen (secondary N) is 1. The van der Waals surface area contributed by atoms with Crippen molar-refractivity contribution in [3.05, 3.63) is 133 Å². The summed E-state index contributed by atoms with van der Waals surface area (Å²) in [7, 11) is 1.53. The molecule has 12 nitrogen and oxygen atoms in total. The van der Waals surface area contributed by atoms with Gasteiger partial charge in [0.25, 0.3) is 17.5 Å². The van der Waals surface area contributed by atoms with Gasteiger partial charge in [0.15, 0.2) is 0 Å². The lowest BCUT2D eigenvalue weighted by atomic mass is 9.49. The van der Waals surface area contributed by atoms with Crippen LogP contribution in [0.2, 0.25) is 10.0 Å². The average molecular weight is 782 g/mol. The highest BCUT2D eigenvalue weighted by molar-refractivity contribution is 6.36. The number of ether oxygens (including phenoxy) is 1. The minimum atomic E-state index is -1.57. The average Bonchev–Trinajstić information content (AvgIpc) is 3.55. The van der Waals surface area contributed by atoms with Gasteiger partial charge in [-0.1, -0.05) is 59.1 Å². The second kappa shape index (κ2) is 13.2. The molecule has 4 aliphatic rings. The number of carbonyl (C=O) groups excluding carboxylic acids is 4. The number of imide groups is 2. The second-order valence-electron chi connectivity index (χ2n) is 14.5. The Hall–Kier alpha value is -5.72. The van der Waals surface area contributed by atoms with Gasteiger partial charge in [-0.2, -0.15) is 5.01 Å². The van der Waals surface area contributed by atoms with Crippen LogP contribution in [0.3, 0.4) is 0 Å². The number of nitro benzene ring substituents is 1. The molecule has 4 aromatic rings. The molecule has 4 amide bonds. The van der Waals surface area contributed by atoms with Crippen molar-refractivity contribution < 1.29 is 33.9 Å². The number of phenols is 1. The molecular formula is C41H34Cl2N4O8. The van der Waals surface area contributed by atoms with Gasteiger partial charge in [-0.05, 0) is 97.3 Å². The zero-order valence-corrected chi connectivity index (χ0v) is 31.3. The zero-order valence-electron chi connectivity index (χ0n) is 29.8. The van der Waals surface area contributed by atoms with Crippen LogP contribution in [0, 0.1) is 47.6 Å². The third-order valence-electron chi connectivity index (χ3n) is 11.7. The molecule has 0 bridgehead atoms. The molecule has 0 aromatic heterocycles. The van der Waals surface area contributed by atoms with Crippen molar-refractivity contribution in [2.75, 3.05) is 17.4 Å². The van der Waals surface area contributed by atoms with Gasteiger partial charge in [-0.15, -0.1) is 0 Å². The van der Waals surface area contributed by atoms with Crippen molar-refractivity contribution in [1.82, 2.24) is 5.01 Å². The fourth-order valence-electron chi connectivity index (χ4n) is 9.35. The Balaban J connectivity index is 1.32. The van der Waals surface area contributed by atoms with Crippen LogP contribution < -0.4 is 15.1 Å². The number of hydrogen-bond acceptors (Lipinski definition) is 9. The fourth-order valence-corrected chi connectivity index (χ4v) is 9.80. The largest absolute Gasteiger partial charge is 0.507 e. The SMILES string of the molecule is COc1ccc([C@@]23C(=O)N(Nc4ccc(Cl)cc4Cl)C(=O)[C@@H]2C[C@@H]2C(=CC[C@@H]4C(=O)N(c5ccc([N+](=O)[O-])cc5)C(=O)[C@@H]42)[C@@H]3c2cc(C)c(O)c(C)c2)cc1. The van der Waals surface area contributed by atoms with Gasteiger partial charge < -0.3 is 9.84 Å². The van der Waals surface area contributed by atoms with E-state index in [2.05, 4.69) is 5.43 Å². The quantitative estimate of drug-likeness (QED) is 0.0842. The number of nitro groups is 1. The van der Waals surface area contributed by atoms with E-state index in [1.54, 1.807) is 62.4 Å². The van der Waals surface area contributed by atoms with E-state index in [1.807, 2.05) is 6.08 Å². The van der Waals surface area contributed by atoms with Gasteiger partial charge in [0, 0.05) is 23.1 Å². The molecule has 2 aliphatic carbocycles. The molecule has 0 unspecified atom stereocenters. The Morgan fingerprint density at radius 3 is 2.18 bits per heavy atom. The van der Waals surface area contributed by atoms with Crippen molar-refractivity contribution >= 4 is 63.9 Å². The molecule has 2 heterocycles. The first kappa shape index (κ1) is 36.3. The minimum Gasteiger partial charge on any atom is -0.507 e. The fraction of sp³-hybridized carbons (Fsp3) is 0.268. The first-order valence-corrected chi connectivity index (χ1v) is 18.4. The number of non-ortho nitro benzene ring substituents is 1. The number of aromatic hydroxyl groups is 1. The maximum atomic E-state index is 15.4. The van der Waals surface area contributed by atoms with Gasteiger partial charge in [0.1, 0.15) is 11.5 Å². The lowest BCUT2D eigenvalue weighted by Crippen LogP contribution is -2.53. The van der Waals surface area contributed by atoms with Crippen LogP contribution in [0.5, 0.6) is 11.5 Å². The summed E-state index contributed by atoms with van der Waals surface area (Å²) in [5, 5.41) is 23.8. The van der Waals surface area contributed by atoms with Crippen molar-refractivity contribution in [2.24, 2.45) is 23.7 Å². The molecule has 0 spiro atoms. The molecule has 6 atom stereocenters. The molecule has 1 saturated carbocycles. The van der Waals surface area contributed by atoms with E-state index in [1.165, 1.54) is 37.4 Å². The number of hydrazine groups is 1. The minimum absolute atomic E-state index is 0.0514. The number of amides is 4. The Morgan fingerprint density at radius 1 is 0.891 bits per heavy atom.